The number of aliphatic hydroxyl groups excluding tert-OH is 1. The quantitative estimate of drug-likeness (QED) is 0.899. The fraction of sp³-hybridized carbons (Fsp3) is 0.533. The Kier molecular flexibility index (Phi) is 4.28. The molecular formula is C15H21FN2O2. The van der Waals surface area contributed by atoms with Crippen LogP contribution < -0.4 is 4.90 Å². The van der Waals surface area contributed by atoms with Crippen molar-refractivity contribution in [1.29, 1.82) is 0 Å². The van der Waals surface area contributed by atoms with Crippen LogP contribution in [-0.4, -0.2) is 42.6 Å². The van der Waals surface area contributed by atoms with E-state index in [4.69, 9.17) is 0 Å². The molecule has 0 aromatic heterocycles. The first-order valence-corrected chi connectivity index (χ1v) is 6.87. The van der Waals surface area contributed by atoms with Crippen LogP contribution in [0.15, 0.2) is 12.1 Å². The molecule has 1 atom stereocenters. The molecule has 5 heteroatoms. The van der Waals surface area contributed by atoms with Crippen molar-refractivity contribution < 1.29 is 14.3 Å². The number of amides is 1. The highest BCUT2D eigenvalue weighted by atomic mass is 19.1. The van der Waals surface area contributed by atoms with E-state index in [1.54, 1.807) is 31.9 Å². The van der Waals surface area contributed by atoms with Crippen molar-refractivity contribution in [2.45, 2.75) is 26.4 Å². The van der Waals surface area contributed by atoms with Crippen LogP contribution in [0.1, 0.15) is 30.6 Å². The largest absolute Gasteiger partial charge is 0.389 e. The molecule has 1 aromatic rings. The molecule has 1 aliphatic heterocycles. The first kappa shape index (κ1) is 14.8. The predicted octanol–water partition coefficient (Wildman–Crippen LogP) is 1.86. The van der Waals surface area contributed by atoms with Gasteiger partial charge in [-0.2, -0.15) is 0 Å². The number of halogens is 1. The van der Waals surface area contributed by atoms with Crippen LogP contribution in [0.3, 0.4) is 0 Å². The van der Waals surface area contributed by atoms with Crippen LogP contribution in [0.4, 0.5) is 10.1 Å². The molecule has 0 spiro atoms. The summed E-state index contributed by atoms with van der Waals surface area (Å²) in [5.41, 5.74) is 1.81. The number of carbonyl (C=O) groups excluding carboxylic acids is 1. The number of nitrogens with zero attached hydrogens (tertiary/aromatic N) is 2. The van der Waals surface area contributed by atoms with Gasteiger partial charge in [0.1, 0.15) is 5.82 Å². The molecule has 1 fully saturated rings. The van der Waals surface area contributed by atoms with Gasteiger partial charge < -0.3 is 14.9 Å². The van der Waals surface area contributed by atoms with E-state index in [2.05, 4.69) is 0 Å². The zero-order chi connectivity index (χ0) is 14.9. The molecular weight excluding hydrogens is 259 g/mol. The summed E-state index contributed by atoms with van der Waals surface area (Å²) in [4.78, 5) is 15.6. The minimum absolute atomic E-state index is 0.0426. The summed E-state index contributed by atoms with van der Waals surface area (Å²) in [6.45, 7) is 5.01. The van der Waals surface area contributed by atoms with Crippen LogP contribution >= 0.6 is 0 Å². The first-order chi connectivity index (χ1) is 9.40. The minimum atomic E-state index is -0.767. The van der Waals surface area contributed by atoms with E-state index in [1.165, 1.54) is 6.07 Å². The van der Waals surface area contributed by atoms with Crippen molar-refractivity contribution in [1.82, 2.24) is 4.90 Å². The zero-order valence-corrected chi connectivity index (χ0v) is 12.2. The van der Waals surface area contributed by atoms with Gasteiger partial charge in [-0.3, -0.25) is 4.79 Å². The molecule has 1 saturated heterocycles. The molecule has 1 N–H and O–H groups in total. The van der Waals surface area contributed by atoms with E-state index in [9.17, 15) is 14.3 Å². The van der Waals surface area contributed by atoms with E-state index >= 15 is 0 Å². The maximum absolute atomic E-state index is 13.7. The second-order valence-corrected chi connectivity index (χ2v) is 5.43. The lowest BCUT2D eigenvalue weighted by Crippen LogP contribution is -2.35. The lowest BCUT2D eigenvalue weighted by molar-refractivity contribution is -0.127. The molecule has 2 rings (SSSR count). The summed E-state index contributed by atoms with van der Waals surface area (Å²) in [6.07, 6.45) is 0.0916. The second kappa shape index (κ2) is 5.79. The summed E-state index contributed by atoms with van der Waals surface area (Å²) >= 11 is 0. The molecule has 0 bridgehead atoms. The Morgan fingerprint density at radius 1 is 1.35 bits per heavy atom. The first-order valence-electron chi connectivity index (χ1n) is 6.87. The van der Waals surface area contributed by atoms with Gasteiger partial charge in [-0.25, -0.2) is 4.39 Å². The Balaban J connectivity index is 2.40. The highest BCUT2D eigenvalue weighted by Gasteiger charge is 2.23. The number of aryl methyl sites for hydroxylation is 1. The number of hydrogen-bond acceptors (Lipinski definition) is 3. The normalized spacial score (nSPS) is 18.1. The number of carbonyl (C=O) groups is 1. The van der Waals surface area contributed by atoms with Crippen molar-refractivity contribution >= 4 is 11.6 Å². The third-order valence-corrected chi connectivity index (χ3v) is 3.77. The van der Waals surface area contributed by atoms with E-state index in [0.29, 0.717) is 11.1 Å². The lowest BCUT2D eigenvalue weighted by atomic mass is 10.0. The third-order valence-electron chi connectivity index (χ3n) is 3.77. The maximum atomic E-state index is 13.7. The Labute approximate surface area is 118 Å². The highest BCUT2D eigenvalue weighted by molar-refractivity contribution is 5.82. The number of aliphatic hydroxyl groups is 1. The molecule has 1 amide bonds. The van der Waals surface area contributed by atoms with Crippen molar-refractivity contribution in [3.63, 3.8) is 0 Å². The van der Waals surface area contributed by atoms with E-state index in [1.807, 2.05) is 4.90 Å². The fourth-order valence-electron chi connectivity index (χ4n) is 2.48. The standard InChI is InChI=1S/C15H21FN2O2/c1-10-7-14(12(11(2)19)8-13(10)16)18-6-4-5-17(3)15(20)9-18/h7-8,11,19H,4-6,9H2,1-3H3/t11-/m0/s1. The number of likely N-dealkylation sites (N-methyl/N-ethyl adjacent to an activating group) is 1. The van der Waals surface area contributed by atoms with Crippen LogP contribution in [0.5, 0.6) is 0 Å². The average molecular weight is 280 g/mol. The van der Waals surface area contributed by atoms with Gasteiger partial charge in [0.15, 0.2) is 0 Å². The number of anilines is 1. The molecule has 20 heavy (non-hydrogen) atoms. The van der Waals surface area contributed by atoms with E-state index in [-0.39, 0.29) is 18.3 Å². The molecule has 1 aliphatic rings. The maximum Gasteiger partial charge on any atom is 0.241 e. The lowest BCUT2D eigenvalue weighted by Gasteiger charge is -2.26. The van der Waals surface area contributed by atoms with Gasteiger partial charge in [-0.1, -0.05) is 0 Å². The van der Waals surface area contributed by atoms with Crippen molar-refractivity contribution in [2.75, 3.05) is 31.6 Å². The fourth-order valence-corrected chi connectivity index (χ4v) is 2.48. The molecule has 110 valence electrons. The van der Waals surface area contributed by atoms with Gasteiger partial charge >= 0.3 is 0 Å². The summed E-state index contributed by atoms with van der Waals surface area (Å²) in [5, 5.41) is 9.85. The van der Waals surface area contributed by atoms with Gasteiger partial charge in [0.2, 0.25) is 5.91 Å². The minimum Gasteiger partial charge on any atom is -0.389 e. The molecule has 0 unspecified atom stereocenters. The van der Waals surface area contributed by atoms with Gasteiger partial charge in [-0.05, 0) is 38.0 Å². The number of hydrogen-bond donors (Lipinski definition) is 1. The molecule has 4 nitrogen and oxygen atoms in total. The monoisotopic (exact) mass is 280 g/mol. The average Bonchev–Trinajstić information content (AvgIpc) is 2.54. The van der Waals surface area contributed by atoms with Gasteiger partial charge in [0.05, 0.1) is 12.6 Å². The van der Waals surface area contributed by atoms with Crippen molar-refractivity contribution in [3.05, 3.63) is 29.1 Å². The summed E-state index contributed by atoms with van der Waals surface area (Å²) in [5.74, 6) is -0.288. The Bertz CT molecular complexity index is 517. The summed E-state index contributed by atoms with van der Waals surface area (Å²) in [7, 11) is 1.79. The third kappa shape index (κ3) is 2.93. The molecule has 0 aliphatic carbocycles. The second-order valence-electron chi connectivity index (χ2n) is 5.43. The summed E-state index contributed by atoms with van der Waals surface area (Å²) < 4.78 is 13.7. The zero-order valence-electron chi connectivity index (χ0n) is 12.2. The Morgan fingerprint density at radius 3 is 2.70 bits per heavy atom. The topological polar surface area (TPSA) is 43.8 Å². The van der Waals surface area contributed by atoms with Crippen LogP contribution in [0.25, 0.3) is 0 Å². The summed E-state index contributed by atoms with van der Waals surface area (Å²) in [6, 6.07) is 3.09. The molecule has 1 aromatic carbocycles. The predicted molar refractivity (Wildman–Crippen MR) is 76.2 cm³/mol. The molecule has 0 radical (unpaired) electrons. The Morgan fingerprint density at radius 2 is 2.05 bits per heavy atom. The van der Waals surface area contributed by atoms with Gasteiger partial charge in [-0.15, -0.1) is 0 Å². The van der Waals surface area contributed by atoms with Crippen LogP contribution in [-0.2, 0) is 4.79 Å². The Hall–Kier alpha value is -1.62. The number of rotatable bonds is 2. The van der Waals surface area contributed by atoms with Crippen molar-refractivity contribution in [2.24, 2.45) is 0 Å². The van der Waals surface area contributed by atoms with E-state index in [0.717, 1.165) is 25.2 Å². The van der Waals surface area contributed by atoms with Crippen LogP contribution in [0, 0.1) is 12.7 Å². The van der Waals surface area contributed by atoms with Gasteiger partial charge in [0, 0.05) is 31.4 Å². The molecule has 1 heterocycles. The highest BCUT2D eigenvalue weighted by Crippen LogP contribution is 2.30. The van der Waals surface area contributed by atoms with E-state index < -0.39 is 6.10 Å². The van der Waals surface area contributed by atoms with Crippen molar-refractivity contribution in [3.8, 4) is 0 Å². The van der Waals surface area contributed by atoms with Gasteiger partial charge in [0.25, 0.3) is 0 Å². The SMILES string of the molecule is Cc1cc(N2CCCN(C)C(=O)C2)c([C@H](C)O)cc1F. The number of benzene rings is 1. The smallest absolute Gasteiger partial charge is 0.241 e. The molecule has 0 saturated carbocycles. The van der Waals surface area contributed by atoms with Crippen LogP contribution in [0.2, 0.25) is 0 Å².